The number of likely N-dealkylation sites (tertiary alicyclic amines) is 1. The van der Waals surface area contributed by atoms with Crippen LogP contribution in [0.25, 0.3) is 0 Å². The molecule has 0 radical (unpaired) electrons. The molecule has 1 N–H and O–H groups in total. The van der Waals surface area contributed by atoms with Gasteiger partial charge in [-0.05, 0) is 26.0 Å². The predicted molar refractivity (Wildman–Crippen MR) is 104 cm³/mol. The summed E-state index contributed by atoms with van der Waals surface area (Å²) in [6.45, 7) is 6.60. The molecular weight excluding hydrogens is 324 g/mol. The van der Waals surface area contributed by atoms with E-state index in [-0.39, 0.29) is 17.7 Å². The fourth-order valence-electron chi connectivity index (χ4n) is 3.93. The summed E-state index contributed by atoms with van der Waals surface area (Å²) in [5, 5.41) is 0. The van der Waals surface area contributed by atoms with Crippen LogP contribution in [0.2, 0.25) is 0 Å². The van der Waals surface area contributed by atoms with Crippen LogP contribution in [0.4, 0.5) is 0 Å². The third-order valence-corrected chi connectivity index (χ3v) is 5.43. The summed E-state index contributed by atoms with van der Waals surface area (Å²) in [4.78, 5) is 25.4. The van der Waals surface area contributed by atoms with E-state index >= 15 is 0 Å². The van der Waals surface area contributed by atoms with Crippen LogP contribution >= 0.6 is 0 Å². The molecule has 26 heavy (non-hydrogen) atoms. The lowest BCUT2D eigenvalue weighted by Crippen LogP contribution is -2.37. The van der Waals surface area contributed by atoms with Crippen LogP contribution in [0.1, 0.15) is 35.6 Å². The van der Waals surface area contributed by atoms with E-state index in [0.29, 0.717) is 0 Å². The van der Waals surface area contributed by atoms with Crippen molar-refractivity contribution in [2.75, 3.05) is 33.7 Å². The molecule has 140 valence electrons. The molecule has 5 nitrogen and oxygen atoms in total. The Hall–Kier alpha value is -2.14. The van der Waals surface area contributed by atoms with Gasteiger partial charge in [-0.1, -0.05) is 37.3 Å². The Bertz CT molecular complexity index is 740. The van der Waals surface area contributed by atoms with Crippen molar-refractivity contribution in [3.63, 3.8) is 0 Å². The van der Waals surface area contributed by atoms with Gasteiger partial charge in [0, 0.05) is 44.7 Å². The number of aromatic nitrogens is 2. The largest absolute Gasteiger partial charge is 0.346 e. The van der Waals surface area contributed by atoms with Gasteiger partial charge in [0.15, 0.2) is 0 Å². The van der Waals surface area contributed by atoms with E-state index in [2.05, 4.69) is 42.9 Å². The molecule has 1 aromatic heterocycles. The molecule has 2 aromatic rings. The third-order valence-electron chi connectivity index (χ3n) is 5.43. The third kappa shape index (κ3) is 3.98. The predicted octanol–water partition coefficient (Wildman–Crippen LogP) is 2.63. The van der Waals surface area contributed by atoms with E-state index in [1.807, 2.05) is 30.1 Å². The van der Waals surface area contributed by atoms with Gasteiger partial charge in [0.2, 0.25) is 5.91 Å². The fourth-order valence-corrected chi connectivity index (χ4v) is 3.93. The molecule has 2 heterocycles. The smallest absolute Gasteiger partial charge is 0.227 e. The normalized spacial score (nSPS) is 20.5. The first kappa shape index (κ1) is 18.6. The number of amides is 1. The lowest BCUT2D eigenvalue weighted by Gasteiger charge is -2.24. The number of aryl methyl sites for hydroxylation is 2. The summed E-state index contributed by atoms with van der Waals surface area (Å²) in [6, 6.07) is 10.3. The highest BCUT2D eigenvalue weighted by Gasteiger charge is 2.40. The first-order valence-corrected chi connectivity index (χ1v) is 9.52. The quantitative estimate of drug-likeness (QED) is 0.868. The molecule has 0 unspecified atom stereocenters. The first-order chi connectivity index (χ1) is 12.5. The van der Waals surface area contributed by atoms with E-state index < -0.39 is 0 Å². The summed E-state index contributed by atoms with van der Waals surface area (Å²) >= 11 is 0. The molecule has 1 aromatic carbocycles. The fraction of sp³-hybridized carbons (Fsp3) is 0.524. The minimum absolute atomic E-state index is 0.0209. The number of carbonyl (C=O) groups excluding carboxylic acids is 1. The first-order valence-electron chi connectivity index (χ1n) is 9.52. The zero-order valence-corrected chi connectivity index (χ0v) is 16.3. The van der Waals surface area contributed by atoms with Crippen molar-refractivity contribution < 1.29 is 4.79 Å². The molecule has 5 heteroatoms. The lowest BCUT2D eigenvalue weighted by atomic mass is 9.90. The number of imidazole rings is 1. The average Bonchev–Trinajstić information content (AvgIpc) is 3.22. The van der Waals surface area contributed by atoms with E-state index in [1.165, 1.54) is 5.56 Å². The number of benzene rings is 1. The van der Waals surface area contributed by atoms with Crippen LogP contribution in [0, 0.1) is 12.8 Å². The SMILES string of the molecule is CCc1nc([C@H]2CN(C)C[C@@H]2C(=O)N(C)CCc2ccccc2)c(C)[nH]1. The van der Waals surface area contributed by atoms with Gasteiger partial charge in [-0.3, -0.25) is 4.79 Å². The van der Waals surface area contributed by atoms with Gasteiger partial charge in [0.05, 0.1) is 11.6 Å². The van der Waals surface area contributed by atoms with E-state index in [4.69, 9.17) is 4.98 Å². The Morgan fingerprint density at radius 2 is 2.04 bits per heavy atom. The van der Waals surface area contributed by atoms with Crippen LogP contribution in [0.3, 0.4) is 0 Å². The van der Waals surface area contributed by atoms with Crippen LogP contribution in [-0.4, -0.2) is 59.4 Å². The summed E-state index contributed by atoms with van der Waals surface area (Å²) in [7, 11) is 4.02. The van der Waals surface area contributed by atoms with Crippen molar-refractivity contribution >= 4 is 5.91 Å². The van der Waals surface area contributed by atoms with Crippen LogP contribution in [0.5, 0.6) is 0 Å². The molecule has 0 spiro atoms. The van der Waals surface area contributed by atoms with Gasteiger partial charge >= 0.3 is 0 Å². The Morgan fingerprint density at radius 1 is 1.31 bits per heavy atom. The second-order valence-corrected chi connectivity index (χ2v) is 7.48. The number of hydrogen-bond donors (Lipinski definition) is 1. The zero-order chi connectivity index (χ0) is 18.7. The second kappa shape index (κ2) is 8.04. The average molecular weight is 354 g/mol. The Kier molecular flexibility index (Phi) is 5.77. The molecule has 0 saturated carbocycles. The van der Waals surface area contributed by atoms with Crippen molar-refractivity contribution in [3.8, 4) is 0 Å². The molecule has 3 rings (SSSR count). The van der Waals surface area contributed by atoms with Gasteiger partial charge in [-0.25, -0.2) is 4.98 Å². The van der Waals surface area contributed by atoms with Crippen molar-refractivity contribution in [3.05, 3.63) is 53.1 Å². The maximum absolute atomic E-state index is 13.1. The molecule has 0 bridgehead atoms. The van der Waals surface area contributed by atoms with Gasteiger partial charge in [-0.2, -0.15) is 0 Å². The molecular formula is C21H30N4O. The van der Waals surface area contributed by atoms with Crippen molar-refractivity contribution in [1.29, 1.82) is 0 Å². The highest BCUT2D eigenvalue weighted by atomic mass is 16.2. The van der Waals surface area contributed by atoms with Crippen LogP contribution < -0.4 is 0 Å². The van der Waals surface area contributed by atoms with Gasteiger partial charge in [-0.15, -0.1) is 0 Å². The van der Waals surface area contributed by atoms with E-state index in [1.54, 1.807) is 0 Å². The number of rotatable bonds is 6. The Balaban J connectivity index is 1.70. The summed E-state index contributed by atoms with van der Waals surface area (Å²) in [6.07, 6.45) is 1.77. The summed E-state index contributed by atoms with van der Waals surface area (Å²) < 4.78 is 0. The van der Waals surface area contributed by atoms with Crippen molar-refractivity contribution in [2.45, 2.75) is 32.6 Å². The number of nitrogens with one attached hydrogen (secondary N) is 1. The number of nitrogens with zero attached hydrogens (tertiary/aromatic N) is 3. The number of likely N-dealkylation sites (N-methyl/N-ethyl adjacent to an activating group) is 2. The second-order valence-electron chi connectivity index (χ2n) is 7.48. The molecule has 1 amide bonds. The van der Waals surface area contributed by atoms with E-state index in [9.17, 15) is 4.79 Å². The van der Waals surface area contributed by atoms with Gasteiger partial charge < -0.3 is 14.8 Å². The summed E-state index contributed by atoms with van der Waals surface area (Å²) in [5.41, 5.74) is 3.44. The van der Waals surface area contributed by atoms with Crippen molar-refractivity contribution in [1.82, 2.24) is 19.8 Å². The minimum Gasteiger partial charge on any atom is -0.346 e. The summed E-state index contributed by atoms with van der Waals surface area (Å²) in [5.74, 6) is 1.39. The highest BCUT2D eigenvalue weighted by Crippen LogP contribution is 2.33. The zero-order valence-electron chi connectivity index (χ0n) is 16.3. The van der Waals surface area contributed by atoms with Gasteiger partial charge in [0.25, 0.3) is 0 Å². The highest BCUT2D eigenvalue weighted by molar-refractivity contribution is 5.80. The molecule has 1 saturated heterocycles. The van der Waals surface area contributed by atoms with Gasteiger partial charge in [0.1, 0.15) is 5.82 Å². The standard InChI is InChI=1S/C21H30N4O/c1-5-19-22-15(2)20(23-19)17-13-24(3)14-18(17)21(26)25(4)12-11-16-9-7-6-8-10-16/h6-10,17-18H,5,11-14H2,1-4H3,(H,22,23)/t17-,18-/m0/s1. The Labute approximate surface area is 156 Å². The number of H-pyrrole nitrogens is 1. The minimum atomic E-state index is -0.0209. The Morgan fingerprint density at radius 3 is 2.69 bits per heavy atom. The van der Waals surface area contributed by atoms with Crippen molar-refractivity contribution in [2.24, 2.45) is 5.92 Å². The van der Waals surface area contributed by atoms with Crippen LogP contribution in [-0.2, 0) is 17.6 Å². The maximum atomic E-state index is 13.1. The molecule has 1 aliphatic rings. The van der Waals surface area contributed by atoms with Crippen LogP contribution in [0.15, 0.2) is 30.3 Å². The number of aromatic amines is 1. The molecule has 2 atom stereocenters. The topological polar surface area (TPSA) is 52.2 Å². The molecule has 1 fully saturated rings. The van der Waals surface area contributed by atoms with E-state index in [0.717, 1.165) is 49.7 Å². The number of carbonyl (C=O) groups is 1. The molecule has 1 aliphatic heterocycles. The molecule has 0 aliphatic carbocycles. The number of hydrogen-bond acceptors (Lipinski definition) is 3. The monoisotopic (exact) mass is 354 g/mol. The lowest BCUT2D eigenvalue weighted by molar-refractivity contribution is -0.134. The maximum Gasteiger partial charge on any atom is 0.227 e.